The molecular formula is C14H13N3O4S2. The van der Waals surface area contributed by atoms with Crippen molar-refractivity contribution in [1.29, 1.82) is 0 Å². The Morgan fingerprint density at radius 1 is 1.57 bits per heavy atom. The van der Waals surface area contributed by atoms with E-state index in [1.165, 1.54) is 34.1 Å². The molecule has 0 spiro atoms. The predicted molar refractivity (Wildman–Crippen MR) is 85.3 cm³/mol. The number of carbonyl (C=O) groups excluding carboxylic acids is 2. The zero-order valence-electron chi connectivity index (χ0n) is 12.2. The number of esters is 1. The molecule has 0 unspecified atom stereocenters. The molecule has 0 N–H and O–H groups in total. The Balaban J connectivity index is 1.75. The van der Waals surface area contributed by atoms with E-state index in [9.17, 15) is 9.59 Å². The number of amides is 1. The number of thioether (sulfide) groups is 1. The van der Waals surface area contributed by atoms with Crippen molar-refractivity contribution in [3.8, 4) is 11.4 Å². The van der Waals surface area contributed by atoms with Crippen molar-refractivity contribution >= 4 is 35.0 Å². The minimum absolute atomic E-state index is 0.110. The Morgan fingerprint density at radius 2 is 2.43 bits per heavy atom. The van der Waals surface area contributed by atoms with E-state index in [0.717, 1.165) is 5.56 Å². The third-order valence-electron chi connectivity index (χ3n) is 2.98. The van der Waals surface area contributed by atoms with E-state index < -0.39 is 5.97 Å². The fraction of sp³-hybridized carbons (Fsp3) is 0.286. The molecule has 0 radical (unpaired) electrons. The van der Waals surface area contributed by atoms with E-state index >= 15 is 0 Å². The van der Waals surface area contributed by atoms with Crippen molar-refractivity contribution < 1.29 is 18.8 Å². The minimum atomic E-state index is -0.473. The number of ether oxygens (including phenoxy) is 1. The second-order valence-corrected chi connectivity index (χ2v) is 6.30. The van der Waals surface area contributed by atoms with Crippen molar-refractivity contribution in [3.05, 3.63) is 33.8 Å². The summed E-state index contributed by atoms with van der Waals surface area (Å²) in [6, 6.07) is 1.89. The normalized spacial score (nSPS) is 16.3. The molecule has 0 bridgehead atoms. The van der Waals surface area contributed by atoms with Gasteiger partial charge in [0.15, 0.2) is 0 Å². The van der Waals surface area contributed by atoms with Crippen LogP contribution in [0.2, 0.25) is 0 Å². The van der Waals surface area contributed by atoms with Crippen LogP contribution in [0.1, 0.15) is 12.8 Å². The topological polar surface area (TPSA) is 85.5 Å². The summed E-state index contributed by atoms with van der Waals surface area (Å²) < 4.78 is 10.1. The van der Waals surface area contributed by atoms with Gasteiger partial charge in [-0.3, -0.25) is 9.69 Å². The van der Waals surface area contributed by atoms with Crippen LogP contribution in [0, 0.1) is 0 Å². The summed E-state index contributed by atoms with van der Waals surface area (Å²) in [5, 5.41) is 8.27. The van der Waals surface area contributed by atoms with Crippen LogP contribution in [0.3, 0.4) is 0 Å². The Hall–Kier alpha value is -2.13. The van der Waals surface area contributed by atoms with Gasteiger partial charge in [0.2, 0.25) is 17.6 Å². The van der Waals surface area contributed by atoms with E-state index in [1.54, 1.807) is 6.92 Å². The zero-order chi connectivity index (χ0) is 16.2. The molecule has 1 amide bonds. The molecule has 9 heteroatoms. The molecule has 0 saturated carbocycles. The number of aromatic nitrogens is 2. The number of rotatable bonds is 5. The fourth-order valence-corrected chi connectivity index (χ4v) is 3.51. The predicted octanol–water partition coefficient (Wildman–Crippen LogP) is 2.28. The second-order valence-electron chi connectivity index (χ2n) is 4.53. The van der Waals surface area contributed by atoms with Crippen LogP contribution >= 0.6 is 23.1 Å². The van der Waals surface area contributed by atoms with E-state index in [1.807, 2.05) is 16.8 Å². The maximum atomic E-state index is 12.0. The largest absolute Gasteiger partial charge is 0.463 e. The van der Waals surface area contributed by atoms with Gasteiger partial charge in [-0.25, -0.2) is 4.79 Å². The quantitative estimate of drug-likeness (QED) is 0.603. The summed E-state index contributed by atoms with van der Waals surface area (Å²) in [6.45, 7) is 2.15. The molecule has 3 heterocycles. The zero-order valence-corrected chi connectivity index (χ0v) is 13.9. The SMILES string of the molecule is CCOC(=O)/C=C1\SCC(=O)N1Cc1nc(-c2ccsc2)no1. The fourth-order valence-electron chi connectivity index (χ4n) is 1.95. The standard InChI is InChI=1S/C14H13N3O4S2/c1-2-20-13(19)5-12-17(11(18)8-23-12)6-10-15-14(16-21-10)9-3-4-22-7-9/h3-5,7H,2,6,8H2,1H3/b12-5-. The molecule has 0 atom stereocenters. The number of nitrogens with zero attached hydrogens (tertiary/aromatic N) is 3. The Morgan fingerprint density at radius 3 is 3.17 bits per heavy atom. The molecule has 1 aliphatic rings. The highest BCUT2D eigenvalue weighted by atomic mass is 32.2. The summed E-state index contributed by atoms with van der Waals surface area (Å²) in [5.41, 5.74) is 0.870. The minimum Gasteiger partial charge on any atom is -0.463 e. The van der Waals surface area contributed by atoms with Gasteiger partial charge in [0.25, 0.3) is 0 Å². The maximum absolute atomic E-state index is 12.0. The number of hydrogen-bond acceptors (Lipinski definition) is 8. The first-order valence-electron chi connectivity index (χ1n) is 6.84. The first-order valence-corrected chi connectivity index (χ1v) is 8.77. The average Bonchev–Trinajstić information content (AvgIpc) is 3.24. The molecule has 0 aliphatic carbocycles. The van der Waals surface area contributed by atoms with Crippen molar-refractivity contribution in [2.45, 2.75) is 13.5 Å². The molecule has 3 rings (SSSR count). The summed E-state index contributed by atoms with van der Waals surface area (Å²) in [6.07, 6.45) is 1.31. The molecule has 23 heavy (non-hydrogen) atoms. The molecule has 7 nitrogen and oxygen atoms in total. The lowest BCUT2D eigenvalue weighted by Gasteiger charge is -2.13. The second kappa shape index (κ2) is 6.97. The van der Waals surface area contributed by atoms with E-state index in [0.29, 0.717) is 16.7 Å². The van der Waals surface area contributed by atoms with Crippen LogP contribution in [0.4, 0.5) is 0 Å². The lowest BCUT2D eigenvalue weighted by Crippen LogP contribution is -2.24. The van der Waals surface area contributed by atoms with Crippen LogP contribution < -0.4 is 0 Å². The van der Waals surface area contributed by atoms with Crippen LogP contribution in [-0.4, -0.2) is 39.3 Å². The average molecular weight is 351 g/mol. The summed E-state index contributed by atoms with van der Waals surface area (Å²) >= 11 is 2.82. The molecule has 1 aliphatic heterocycles. The Kier molecular flexibility index (Phi) is 4.77. The van der Waals surface area contributed by atoms with Crippen molar-refractivity contribution in [2.24, 2.45) is 0 Å². The maximum Gasteiger partial charge on any atom is 0.333 e. The van der Waals surface area contributed by atoms with Crippen LogP contribution in [-0.2, 0) is 20.9 Å². The van der Waals surface area contributed by atoms with Gasteiger partial charge in [0, 0.05) is 10.9 Å². The molecule has 120 valence electrons. The van der Waals surface area contributed by atoms with Gasteiger partial charge in [-0.15, -0.1) is 0 Å². The van der Waals surface area contributed by atoms with Crippen molar-refractivity contribution in [1.82, 2.24) is 15.0 Å². The highest BCUT2D eigenvalue weighted by Gasteiger charge is 2.29. The first-order chi connectivity index (χ1) is 11.2. The van der Waals surface area contributed by atoms with Gasteiger partial charge in [-0.2, -0.15) is 16.3 Å². The summed E-state index contributed by atoms with van der Waals surface area (Å²) in [4.78, 5) is 29.3. The van der Waals surface area contributed by atoms with Crippen molar-refractivity contribution in [3.63, 3.8) is 0 Å². The molecule has 0 aromatic carbocycles. The number of thiophene rings is 1. The summed E-state index contributed by atoms with van der Waals surface area (Å²) in [7, 11) is 0. The van der Waals surface area contributed by atoms with Gasteiger partial charge in [0.1, 0.15) is 6.54 Å². The molecule has 1 saturated heterocycles. The van der Waals surface area contributed by atoms with Crippen LogP contribution in [0.15, 0.2) is 32.5 Å². The monoisotopic (exact) mass is 351 g/mol. The van der Waals surface area contributed by atoms with Crippen molar-refractivity contribution in [2.75, 3.05) is 12.4 Å². The van der Waals surface area contributed by atoms with E-state index in [2.05, 4.69) is 10.1 Å². The smallest absolute Gasteiger partial charge is 0.333 e. The third-order valence-corrected chi connectivity index (χ3v) is 4.69. The highest BCUT2D eigenvalue weighted by molar-refractivity contribution is 8.04. The van der Waals surface area contributed by atoms with Crippen LogP contribution in [0.25, 0.3) is 11.4 Å². The van der Waals surface area contributed by atoms with Gasteiger partial charge in [-0.1, -0.05) is 16.9 Å². The highest BCUT2D eigenvalue weighted by Crippen LogP contribution is 2.30. The van der Waals surface area contributed by atoms with Gasteiger partial charge in [0.05, 0.1) is 23.5 Å². The van der Waals surface area contributed by atoms with Gasteiger partial charge < -0.3 is 9.26 Å². The molecular weight excluding hydrogens is 338 g/mol. The van der Waals surface area contributed by atoms with E-state index in [4.69, 9.17) is 9.26 Å². The first kappa shape index (κ1) is 15.8. The Labute approximate surface area is 140 Å². The molecule has 2 aromatic rings. The third kappa shape index (κ3) is 3.62. The number of hydrogen-bond donors (Lipinski definition) is 0. The molecule has 2 aromatic heterocycles. The molecule has 1 fully saturated rings. The van der Waals surface area contributed by atoms with Gasteiger partial charge in [-0.05, 0) is 18.4 Å². The Bertz CT molecular complexity index is 739. The van der Waals surface area contributed by atoms with Crippen LogP contribution in [0.5, 0.6) is 0 Å². The van der Waals surface area contributed by atoms with E-state index in [-0.39, 0.29) is 24.8 Å². The van der Waals surface area contributed by atoms with Gasteiger partial charge >= 0.3 is 5.97 Å². The number of carbonyl (C=O) groups is 2. The lowest BCUT2D eigenvalue weighted by atomic mass is 10.3. The lowest BCUT2D eigenvalue weighted by molar-refractivity contribution is -0.137. The summed E-state index contributed by atoms with van der Waals surface area (Å²) in [5.74, 6) is 0.491.